The van der Waals surface area contributed by atoms with E-state index in [1.165, 1.54) is 30.5 Å². The molecule has 0 aliphatic carbocycles. The van der Waals surface area contributed by atoms with Crippen LogP contribution in [0.3, 0.4) is 0 Å². The lowest BCUT2D eigenvalue weighted by molar-refractivity contribution is 0.589. The van der Waals surface area contributed by atoms with Gasteiger partial charge < -0.3 is 5.73 Å². The summed E-state index contributed by atoms with van der Waals surface area (Å²) in [5.74, 6) is -0.904. The summed E-state index contributed by atoms with van der Waals surface area (Å²) in [5.41, 5.74) is 8.61. The highest BCUT2D eigenvalue weighted by molar-refractivity contribution is 7.90. The molecule has 0 saturated heterocycles. The van der Waals surface area contributed by atoms with Crippen LogP contribution in [-0.2, 0) is 10.0 Å². The molecule has 134 valence electrons. The summed E-state index contributed by atoms with van der Waals surface area (Å²) in [6, 6.07) is 11.8. The van der Waals surface area contributed by atoms with Gasteiger partial charge in [-0.05, 0) is 37.3 Å². The van der Waals surface area contributed by atoms with E-state index in [4.69, 9.17) is 11.1 Å². The molecule has 3 aromatic rings. The number of nitrogens with one attached hydrogen (secondary N) is 2. The minimum absolute atomic E-state index is 0.0872. The summed E-state index contributed by atoms with van der Waals surface area (Å²) in [5, 5.41) is 11.6. The lowest BCUT2D eigenvalue weighted by atomic mass is 10.1. The minimum Gasteiger partial charge on any atom is -0.369 e. The molecule has 0 aliphatic rings. The van der Waals surface area contributed by atoms with Crippen molar-refractivity contribution in [2.45, 2.75) is 11.8 Å². The molecule has 0 amide bonds. The van der Waals surface area contributed by atoms with Crippen molar-refractivity contribution in [2.24, 2.45) is 10.8 Å². The maximum absolute atomic E-state index is 13.8. The number of benzene rings is 2. The fourth-order valence-corrected chi connectivity index (χ4v) is 3.95. The zero-order chi connectivity index (χ0) is 18.9. The maximum Gasteiger partial charge on any atom is 0.268 e. The molecular formula is C17H16FN5O2S. The van der Waals surface area contributed by atoms with Crippen LogP contribution in [0.15, 0.2) is 64.7 Å². The molecule has 7 nitrogen and oxygen atoms in total. The fraction of sp³-hybridized carbons (Fsp3) is 0.0588. The Balaban J connectivity index is 2.26. The van der Waals surface area contributed by atoms with Crippen molar-refractivity contribution in [2.75, 3.05) is 0 Å². The first kappa shape index (κ1) is 17.6. The molecule has 2 aromatic carbocycles. The van der Waals surface area contributed by atoms with Crippen LogP contribution < -0.4 is 11.2 Å². The number of guanidine groups is 1. The van der Waals surface area contributed by atoms with Gasteiger partial charge in [0.05, 0.1) is 16.1 Å². The van der Waals surface area contributed by atoms with Gasteiger partial charge in [-0.3, -0.25) is 5.41 Å². The summed E-state index contributed by atoms with van der Waals surface area (Å²) in [6.45, 7) is 1.63. The minimum atomic E-state index is -3.92. The molecule has 1 aromatic heterocycles. The van der Waals surface area contributed by atoms with Crippen LogP contribution in [0.25, 0.3) is 10.9 Å². The number of halogens is 1. The Morgan fingerprint density at radius 1 is 1.23 bits per heavy atom. The van der Waals surface area contributed by atoms with Gasteiger partial charge >= 0.3 is 0 Å². The molecule has 26 heavy (non-hydrogen) atoms. The highest BCUT2D eigenvalue weighted by Gasteiger charge is 2.22. The fourth-order valence-electron chi connectivity index (χ4n) is 2.57. The number of hydrogen-bond donors (Lipinski definition) is 3. The maximum atomic E-state index is 13.8. The summed E-state index contributed by atoms with van der Waals surface area (Å²) >= 11 is 0. The summed E-state index contributed by atoms with van der Waals surface area (Å²) in [7, 11) is -3.92. The lowest BCUT2D eigenvalue weighted by Gasteiger charge is -2.07. The highest BCUT2D eigenvalue weighted by Crippen LogP contribution is 2.27. The Hall–Kier alpha value is -3.20. The third-order valence-electron chi connectivity index (χ3n) is 3.77. The predicted octanol–water partition coefficient (Wildman–Crippen LogP) is 2.22. The molecule has 0 aliphatic heterocycles. The second kappa shape index (κ2) is 6.60. The Morgan fingerprint density at radius 2 is 1.92 bits per heavy atom. The number of rotatable bonds is 4. The van der Waals surface area contributed by atoms with Crippen molar-refractivity contribution in [1.82, 2.24) is 9.40 Å². The molecule has 9 heteroatoms. The van der Waals surface area contributed by atoms with E-state index in [-0.39, 0.29) is 16.4 Å². The van der Waals surface area contributed by atoms with Gasteiger partial charge in [0, 0.05) is 17.1 Å². The number of aromatic nitrogens is 1. The highest BCUT2D eigenvalue weighted by atomic mass is 32.2. The van der Waals surface area contributed by atoms with Crippen molar-refractivity contribution in [1.29, 1.82) is 5.41 Å². The van der Waals surface area contributed by atoms with Gasteiger partial charge in [-0.2, -0.15) is 5.10 Å². The van der Waals surface area contributed by atoms with E-state index >= 15 is 0 Å². The smallest absolute Gasteiger partial charge is 0.268 e. The van der Waals surface area contributed by atoms with E-state index in [0.717, 1.165) is 10.0 Å². The average molecular weight is 373 g/mol. The third kappa shape index (κ3) is 3.16. The molecular weight excluding hydrogens is 357 g/mol. The van der Waals surface area contributed by atoms with Crippen molar-refractivity contribution in [3.05, 3.63) is 66.1 Å². The van der Waals surface area contributed by atoms with Crippen molar-refractivity contribution >= 4 is 32.6 Å². The first-order valence-corrected chi connectivity index (χ1v) is 9.00. The third-order valence-corrected chi connectivity index (χ3v) is 5.46. The van der Waals surface area contributed by atoms with Crippen LogP contribution in [0.1, 0.15) is 12.5 Å². The van der Waals surface area contributed by atoms with E-state index in [1.807, 2.05) is 0 Å². The average Bonchev–Trinajstić information content (AvgIpc) is 2.99. The molecule has 4 N–H and O–H groups in total. The molecule has 0 fully saturated rings. The number of fused-ring (bicyclic) bond motifs is 1. The van der Waals surface area contributed by atoms with Crippen LogP contribution in [0.2, 0.25) is 0 Å². The quantitative estimate of drug-likeness (QED) is 0.370. The Bertz CT molecular complexity index is 1120. The molecule has 0 atom stereocenters. The van der Waals surface area contributed by atoms with Gasteiger partial charge in [-0.15, -0.1) is 0 Å². The standard InChI is InChI=1S/C17H16FN5O2S/c1-11(21-22-17(19)20)15-10-23(16-9-12(18)7-8-14(15)16)26(24,25)13-5-3-2-4-6-13/h2-10H,1H3,(H4,19,20,22). The van der Waals surface area contributed by atoms with Gasteiger partial charge in [0.1, 0.15) is 5.82 Å². The van der Waals surface area contributed by atoms with E-state index < -0.39 is 15.8 Å². The predicted molar refractivity (Wildman–Crippen MR) is 98.2 cm³/mol. The molecule has 1 heterocycles. The number of nitrogens with zero attached hydrogens (tertiary/aromatic N) is 2. The van der Waals surface area contributed by atoms with Crippen LogP contribution in [0, 0.1) is 11.2 Å². The van der Waals surface area contributed by atoms with Gasteiger partial charge in [0.2, 0.25) is 5.96 Å². The summed E-state index contributed by atoms with van der Waals surface area (Å²) in [4.78, 5) is 0.0872. The zero-order valence-electron chi connectivity index (χ0n) is 13.8. The van der Waals surface area contributed by atoms with Gasteiger partial charge in [0.15, 0.2) is 0 Å². The van der Waals surface area contributed by atoms with E-state index in [0.29, 0.717) is 16.7 Å². The number of hydrogen-bond acceptors (Lipinski definition) is 4. The molecule has 0 unspecified atom stereocenters. The molecule has 0 spiro atoms. The van der Waals surface area contributed by atoms with Gasteiger partial charge in [0.25, 0.3) is 10.0 Å². The Morgan fingerprint density at radius 3 is 2.58 bits per heavy atom. The molecule has 0 radical (unpaired) electrons. The first-order valence-electron chi connectivity index (χ1n) is 7.56. The van der Waals surface area contributed by atoms with E-state index in [1.54, 1.807) is 25.1 Å². The summed E-state index contributed by atoms with van der Waals surface area (Å²) < 4.78 is 40.8. The second-order valence-electron chi connectivity index (χ2n) is 5.54. The van der Waals surface area contributed by atoms with E-state index in [9.17, 15) is 12.8 Å². The summed E-state index contributed by atoms with van der Waals surface area (Å²) in [6.07, 6.45) is 1.38. The molecule has 0 saturated carbocycles. The Labute approximate surface area is 149 Å². The first-order chi connectivity index (χ1) is 12.3. The normalized spacial score (nSPS) is 12.3. The molecule has 3 rings (SSSR count). The monoisotopic (exact) mass is 373 g/mol. The van der Waals surface area contributed by atoms with Crippen LogP contribution in [0.5, 0.6) is 0 Å². The largest absolute Gasteiger partial charge is 0.369 e. The van der Waals surface area contributed by atoms with Crippen LogP contribution in [0.4, 0.5) is 4.39 Å². The van der Waals surface area contributed by atoms with Crippen molar-refractivity contribution < 1.29 is 12.8 Å². The van der Waals surface area contributed by atoms with Crippen molar-refractivity contribution in [3.8, 4) is 0 Å². The number of nitrogens with two attached hydrogens (primary N) is 1. The van der Waals surface area contributed by atoms with E-state index in [2.05, 4.69) is 10.5 Å². The number of hydrazone groups is 1. The van der Waals surface area contributed by atoms with Crippen LogP contribution in [-0.4, -0.2) is 24.1 Å². The van der Waals surface area contributed by atoms with Crippen molar-refractivity contribution in [3.63, 3.8) is 0 Å². The Kier molecular flexibility index (Phi) is 4.47. The second-order valence-corrected chi connectivity index (χ2v) is 7.36. The van der Waals surface area contributed by atoms with Gasteiger partial charge in [-0.25, -0.2) is 22.2 Å². The topological polar surface area (TPSA) is 113 Å². The lowest BCUT2D eigenvalue weighted by Crippen LogP contribution is -2.26. The SMILES string of the molecule is CC(=NNC(=N)N)c1cn(S(=O)(=O)c2ccccc2)c2cc(F)ccc12. The van der Waals surface area contributed by atoms with Crippen LogP contribution >= 0.6 is 0 Å². The van der Waals surface area contributed by atoms with Gasteiger partial charge in [-0.1, -0.05) is 18.2 Å². The molecule has 0 bridgehead atoms. The zero-order valence-corrected chi connectivity index (χ0v) is 14.6.